The molecule has 3 aromatic rings. The normalized spacial score (nSPS) is 15.1. The number of methoxy groups -OCH3 is 1. The predicted molar refractivity (Wildman–Crippen MR) is 101 cm³/mol. The molecule has 1 aliphatic rings. The molecule has 0 unspecified atom stereocenters. The highest BCUT2D eigenvalue weighted by atomic mass is 16.5. The standard InChI is InChI=1S/C21H19N3O3/c1-26-17-6-3-15(4-7-17)16-5-8-19-18(13-16)21(25)24(11-12-27-19)14-20-22-9-2-10-23-20/h2-10,13H,11-12,14H2,1H3/i14D2. The molecular weight excluding hydrogens is 342 g/mol. The summed E-state index contributed by atoms with van der Waals surface area (Å²) in [5.74, 6) is 0.637. The zero-order chi connectivity index (χ0) is 20.4. The monoisotopic (exact) mass is 363 g/mol. The number of hydrogen-bond acceptors (Lipinski definition) is 5. The van der Waals surface area contributed by atoms with Crippen molar-refractivity contribution in [1.29, 1.82) is 0 Å². The molecule has 0 N–H and O–H groups in total. The number of ether oxygens (including phenoxy) is 2. The molecule has 4 rings (SSSR count). The summed E-state index contributed by atoms with van der Waals surface area (Å²) in [5.41, 5.74) is 2.03. The molecule has 1 amide bonds. The molecule has 0 saturated heterocycles. The van der Waals surface area contributed by atoms with E-state index in [0.717, 1.165) is 21.8 Å². The Balaban J connectivity index is 1.72. The van der Waals surface area contributed by atoms with Crippen LogP contribution < -0.4 is 9.47 Å². The maximum atomic E-state index is 13.3. The van der Waals surface area contributed by atoms with Crippen molar-refractivity contribution in [3.05, 3.63) is 72.3 Å². The van der Waals surface area contributed by atoms with Crippen LogP contribution in [0.15, 0.2) is 60.9 Å². The Morgan fingerprint density at radius 2 is 1.89 bits per heavy atom. The molecule has 2 heterocycles. The third kappa shape index (κ3) is 3.60. The quantitative estimate of drug-likeness (QED) is 0.712. The fourth-order valence-corrected chi connectivity index (χ4v) is 2.86. The number of fused-ring (bicyclic) bond motifs is 1. The van der Waals surface area contributed by atoms with Gasteiger partial charge in [0.15, 0.2) is 0 Å². The first-order valence-electron chi connectivity index (χ1n) is 9.51. The summed E-state index contributed by atoms with van der Waals surface area (Å²) >= 11 is 0. The molecule has 2 aromatic carbocycles. The van der Waals surface area contributed by atoms with E-state index in [1.807, 2.05) is 30.3 Å². The highest BCUT2D eigenvalue weighted by Crippen LogP contribution is 2.30. The van der Waals surface area contributed by atoms with Crippen molar-refractivity contribution >= 4 is 5.91 Å². The second kappa shape index (κ2) is 7.45. The number of nitrogens with zero attached hydrogens (tertiary/aromatic N) is 3. The first-order chi connectivity index (χ1) is 14.0. The Morgan fingerprint density at radius 1 is 1.15 bits per heavy atom. The minimum atomic E-state index is -2.17. The van der Waals surface area contributed by atoms with Gasteiger partial charge in [-0.2, -0.15) is 0 Å². The molecule has 136 valence electrons. The molecule has 27 heavy (non-hydrogen) atoms. The smallest absolute Gasteiger partial charge is 0.258 e. The Labute approximate surface area is 160 Å². The average molecular weight is 363 g/mol. The first kappa shape index (κ1) is 14.7. The van der Waals surface area contributed by atoms with E-state index in [2.05, 4.69) is 9.97 Å². The van der Waals surface area contributed by atoms with Crippen LogP contribution in [-0.2, 0) is 6.50 Å². The summed E-state index contributed by atoms with van der Waals surface area (Å²) in [4.78, 5) is 22.4. The zero-order valence-electron chi connectivity index (χ0n) is 16.8. The molecule has 0 spiro atoms. The molecule has 0 aliphatic carbocycles. The molecule has 6 heteroatoms. The van der Waals surface area contributed by atoms with E-state index in [-0.39, 0.29) is 19.0 Å². The summed E-state index contributed by atoms with van der Waals surface area (Å²) in [6, 6.07) is 14.4. The zero-order valence-corrected chi connectivity index (χ0v) is 14.8. The predicted octanol–water partition coefficient (Wildman–Crippen LogP) is 3.19. The number of carbonyl (C=O) groups is 1. The number of aromatic nitrogens is 2. The highest BCUT2D eigenvalue weighted by Gasteiger charge is 2.24. The maximum Gasteiger partial charge on any atom is 0.258 e. The lowest BCUT2D eigenvalue weighted by Gasteiger charge is -2.19. The van der Waals surface area contributed by atoms with Crippen LogP contribution in [-0.4, -0.2) is 41.0 Å². The van der Waals surface area contributed by atoms with E-state index in [1.165, 1.54) is 12.4 Å². The van der Waals surface area contributed by atoms with Crippen LogP contribution in [0.3, 0.4) is 0 Å². The Kier molecular flexibility index (Phi) is 4.06. The molecule has 6 nitrogen and oxygen atoms in total. The fraction of sp³-hybridized carbons (Fsp3) is 0.190. The Hall–Kier alpha value is -3.41. The van der Waals surface area contributed by atoms with Crippen molar-refractivity contribution in [2.45, 2.75) is 6.50 Å². The van der Waals surface area contributed by atoms with E-state index in [4.69, 9.17) is 12.2 Å². The minimum absolute atomic E-state index is 0.0666. The third-order valence-electron chi connectivity index (χ3n) is 4.25. The van der Waals surface area contributed by atoms with Gasteiger partial charge in [-0.1, -0.05) is 18.2 Å². The van der Waals surface area contributed by atoms with Gasteiger partial charge in [-0.15, -0.1) is 0 Å². The molecule has 0 atom stereocenters. The molecule has 0 fully saturated rings. The summed E-state index contributed by atoms with van der Waals surface area (Å²) in [7, 11) is 1.60. The van der Waals surface area contributed by atoms with E-state index >= 15 is 0 Å². The van der Waals surface area contributed by atoms with Crippen molar-refractivity contribution in [3.63, 3.8) is 0 Å². The van der Waals surface area contributed by atoms with Crippen molar-refractivity contribution in [2.75, 3.05) is 20.3 Å². The van der Waals surface area contributed by atoms with Crippen LogP contribution in [0.2, 0.25) is 0 Å². The summed E-state index contributed by atoms with van der Waals surface area (Å²) in [6.45, 7) is -1.91. The average Bonchev–Trinajstić information content (AvgIpc) is 2.93. The van der Waals surface area contributed by atoms with Crippen LogP contribution >= 0.6 is 0 Å². The summed E-state index contributed by atoms with van der Waals surface area (Å²) in [6.07, 6.45) is 2.91. The topological polar surface area (TPSA) is 64.6 Å². The van der Waals surface area contributed by atoms with Crippen LogP contribution in [0.25, 0.3) is 11.1 Å². The number of hydrogen-bond donors (Lipinski definition) is 0. The van der Waals surface area contributed by atoms with Crippen molar-refractivity contribution in [3.8, 4) is 22.6 Å². The maximum absolute atomic E-state index is 13.3. The van der Waals surface area contributed by atoms with Gasteiger partial charge in [-0.05, 0) is 41.5 Å². The Bertz CT molecular complexity index is 1030. The van der Waals surface area contributed by atoms with Crippen LogP contribution in [0.1, 0.15) is 18.9 Å². The van der Waals surface area contributed by atoms with Crippen molar-refractivity contribution in [2.24, 2.45) is 0 Å². The van der Waals surface area contributed by atoms with Crippen LogP contribution in [0.4, 0.5) is 0 Å². The molecule has 1 aromatic heterocycles. The Morgan fingerprint density at radius 3 is 2.63 bits per heavy atom. The number of rotatable bonds is 4. The van der Waals surface area contributed by atoms with Gasteiger partial charge in [0, 0.05) is 12.4 Å². The minimum Gasteiger partial charge on any atom is -0.497 e. The lowest BCUT2D eigenvalue weighted by atomic mass is 10.0. The van der Waals surface area contributed by atoms with E-state index in [0.29, 0.717) is 11.3 Å². The number of amides is 1. The van der Waals surface area contributed by atoms with Gasteiger partial charge in [0.1, 0.15) is 23.9 Å². The summed E-state index contributed by atoms with van der Waals surface area (Å²) in [5, 5.41) is 0. The van der Waals surface area contributed by atoms with Gasteiger partial charge in [0.05, 0.1) is 28.5 Å². The fourth-order valence-electron chi connectivity index (χ4n) is 2.86. The van der Waals surface area contributed by atoms with Gasteiger partial charge in [0.2, 0.25) is 0 Å². The number of benzene rings is 2. The third-order valence-corrected chi connectivity index (χ3v) is 4.25. The van der Waals surface area contributed by atoms with Gasteiger partial charge in [-0.3, -0.25) is 4.79 Å². The SMILES string of the molecule is [2H]C([2H])(c1ncccn1)N1CCOc2ccc(-c3ccc(OC)cc3)cc2C1=O. The van der Waals surface area contributed by atoms with Gasteiger partial charge >= 0.3 is 0 Å². The lowest BCUT2D eigenvalue weighted by Crippen LogP contribution is -2.32. The second-order valence-corrected chi connectivity index (χ2v) is 5.93. The largest absolute Gasteiger partial charge is 0.497 e. The van der Waals surface area contributed by atoms with E-state index in [9.17, 15) is 4.79 Å². The van der Waals surface area contributed by atoms with Crippen molar-refractivity contribution in [1.82, 2.24) is 14.9 Å². The molecule has 1 aliphatic heterocycles. The highest BCUT2D eigenvalue weighted by molar-refractivity contribution is 5.98. The van der Waals surface area contributed by atoms with Gasteiger partial charge in [-0.25, -0.2) is 9.97 Å². The van der Waals surface area contributed by atoms with Gasteiger partial charge in [0.25, 0.3) is 5.91 Å². The first-order valence-corrected chi connectivity index (χ1v) is 8.51. The van der Waals surface area contributed by atoms with Crippen molar-refractivity contribution < 1.29 is 17.0 Å². The van der Waals surface area contributed by atoms with Gasteiger partial charge < -0.3 is 14.4 Å². The summed E-state index contributed by atoms with van der Waals surface area (Å²) < 4.78 is 27.8. The van der Waals surface area contributed by atoms with Crippen LogP contribution in [0.5, 0.6) is 11.5 Å². The van der Waals surface area contributed by atoms with Crippen LogP contribution in [0, 0.1) is 0 Å². The molecule has 0 bridgehead atoms. The lowest BCUT2D eigenvalue weighted by molar-refractivity contribution is 0.0738. The molecule has 0 saturated carbocycles. The molecular formula is C21H19N3O3. The second-order valence-electron chi connectivity index (χ2n) is 5.93. The van der Waals surface area contributed by atoms with E-state index < -0.39 is 12.4 Å². The number of carbonyl (C=O) groups excluding carboxylic acids is 1. The molecule has 0 radical (unpaired) electrons. The van der Waals surface area contributed by atoms with E-state index in [1.54, 1.807) is 25.3 Å².